The molecule has 0 spiro atoms. The molecule has 0 aliphatic rings. The van der Waals surface area contributed by atoms with Crippen molar-refractivity contribution < 1.29 is 27.5 Å². The molecule has 27 heavy (non-hydrogen) atoms. The summed E-state index contributed by atoms with van der Waals surface area (Å²) in [6.07, 6.45) is -1.29. The SMILES string of the molecule is CC(C)NC(=O)NC(=O)[C@H](C)OC(=O)[C@H](C)NS(=O)(=O)c1ccc(Cl)cc1. The highest BCUT2D eigenvalue weighted by Gasteiger charge is 2.27. The molecule has 11 heteroatoms. The molecular formula is C16H22ClN3O6S. The highest BCUT2D eigenvalue weighted by molar-refractivity contribution is 7.89. The molecule has 0 unspecified atom stereocenters. The van der Waals surface area contributed by atoms with Crippen LogP contribution in [-0.4, -0.2) is 44.5 Å². The summed E-state index contributed by atoms with van der Waals surface area (Å²) < 4.78 is 31.5. The number of urea groups is 1. The van der Waals surface area contributed by atoms with Crippen molar-refractivity contribution in [2.45, 2.75) is 50.8 Å². The van der Waals surface area contributed by atoms with Crippen LogP contribution in [0.2, 0.25) is 5.02 Å². The van der Waals surface area contributed by atoms with Crippen molar-refractivity contribution >= 4 is 39.5 Å². The van der Waals surface area contributed by atoms with Gasteiger partial charge in [-0.15, -0.1) is 0 Å². The first kappa shape index (κ1) is 22.9. The number of benzene rings is 1. The number of sulfonamides is 1. The summed E-state index contributed by atoms with van der Waals surface area (Å²) in [4.78, 5) is 35.3. The largest absolute Gasteiger partial charge is 0.451 e. The predicted octanol–water partition coefficient (Wildman–Crippen LogP) is 1.17. The lowest BCUT2D eigenvalue weighted by molar-refractivity contribution is -0.155. The number of ether oxygens (including phenoxy) is 1. The van der Waals surface area contributed by atoms with Crippen molar-refractivity contribution in [3.05, 3.63) is 29.3 Å². The molecule has 0 aliphatic carbocycles. The minimum Gasteiger partial charge on any atom is -0.451 e. The van der Waals surface area contributed by atoms with Crippen LogP contribution < -0.4 is 15.4 Å². The molecule has 1 aromatic carbocycles. The highest BCUT2D eigenvalue weighted by Crippen LogP contribution is 2.14. The normalized spacial score (nSPS) is 13.6. The van der Waals surface area contributed by atoms with Gasteiger partial charge in [0.25, 0.3) is 5.91 Å². The number of nitrogens with one attached hydrogen (secondary N) is 3. The second-order valence-electron chi connectivity index (χ2n) is 5.99. The third-order valence-corrected chi connectivity index (χ3v) is 4.94. The molecular weight excluding hydrogens is 398 g/mol. The number of carbonyl (C=O) groups excluding carboxylic acids is 3. The minimum atomic E-state index is -3.98. The van der Waals surface area contributed by atoms with Crippen LogP contribution in [0.4, 0.5) is 4.79 Å². The standard InChI is InChI=1S/C16H22ClN3O6S/c1-9(2)18-16(23)19-14(21)11(4)26-15(22)10(3)20-27(24,25)13-7-5-12(17)6-8-13/h5-11,20H,1-4H3,(H2,18,19,21,23)/t10-,11-/m0/s1. The number of halogens is 1. The van der Waals surface area contributed by atoms with Crippen LogP contribution in [0.3, 0.4) is 0 Å². The van der Waals surface area contributed by atoms with Crippen LogP contribution in [-0.2, 0) is 24.3 Å². The van der Waals surface area contributed by atoms with Gasteiger partial charge in [0.15, 0.2) is 6.10 Å². The molecule has 1 aromatic rings. The molecule has 0 fully saturated rings. The molecule has 9 nitrogen and oxygen atoms in total. The van der Waals surface area contributed by atoms with E-state index >= 15 is 0 Å². The van der Waals surface area contributed by atoms with E-state index in [-0.39, 0.29) is 10.9 Å². The summed E-state index contributed by atoms with van der Waals surface area (Å²) in [5.41, 5.74) is 0. The van der Waals surface area contributed by atoms with Gasteiger partial charge in [0, 0.05) is 11.1 Å². The highest BCUT2D eigenvalue weighted by atomic mass is 35.5. The third-order valence-electron chi connectivity index (χ3n) is 3.13. The van der Waals surface area contributed by atoms with Gasteiger partial charge in [-0.25, -0.2) is 13.2 Å². The monoisotopic (exact) mass is 419 g/mol. The Hall–Kier alpha value is -2.17. The van der Waals surface area contributed by atoms with Gasteiger partial charge < -0.3 is 10.1 Å². The van der Waals surface area contributed by atoms with E-state index in [0.717, 1.165) is 0 Å². The Labute approximate surface area is 162 Å². The van der Waals surface area contributed by atoms with Gasteiger partial charge >= 0.3 is 12.0 Å². The molecule has 3 N–H and O–H groups in total. The second-order valence-corrected chi connectivity index (χ2v) is 8.14. The molecule has 0 saturated carbocycles. The summed E-state index contributed by atoms with van der Waals surface area (Å²) >= 11 is 5.71. The van der Waals surface area contributed by atoms with Crippen molar-refractivity contribution in [1.82, 2.24) is 15.4 Å². The first-order valence-corrected chi connectivity index (χ1v) is 9.88. The summed E-state index contributed by atoms with van der Waals surface area (Å²) in [6.45, 7) is 5.95. The van der Waals surface area contributed by atoms with Crippen molar-refractivity contribution in [3.8, 4) is 0 Å². The average molecular weight is 420 g/mol. The lowest BCUT2D eigenvalue weighted by Crippen LogP contribution is -2.48. The molecule has 1 rings (SSSR count). The van der Waals surface area contributed by atoms with Gasteiger partial charge in [-0.3, -0.25) is 14.9 Å². The van der Waals surface area contributed by atoms with Gasteiger partial charge in [-0.2, -0.15) is 4.72 Å². The van der Waals surface area contributed by atoms with Crippen LogP contribution in [0, 0.1) is 0 Å². The predicted molar refractivity (Wildman–Crippen MR) is 98.6 cm³/mol. The lowest BCUT2D eigenvalue weighted by atomic mass is 10.3. The Morgan fingerprint density at radius 3 is 2.11 bits per heavy atom. The molecule has 0 bridgehead atoms. The zero-order valence-corrected chi connectivity index (χ0v) is 16.8. The number of rotatable bonds is 7. The number of amides is 3. The van der Waals surface area contributed by atoms with E-state index in [1.54, 1.807) is 13.8 Å². The first-order valence-electron chi connectivity index (χ1n) is 8.02. The Balaban J connectivity index is 2.64. The van der Waals surface area contributed by atoms with E-state index < -0.39 is 40.1 Å². The Morgan fingerprint density at radius 1 is 1.04 bits per heavy atom. The van der Waals surface area contributed by atoms with E-state index in [9.17, 15) is 22.8 Å². The number of esters is 1. The van der Waals surface area contributed by atoms with Crippen LogP contribution >= 0.6 is 11.6 Å². The molecule has 2 atom stereocenters. The van der Waals surface area contributed by atoms with Crippen LogP contribution in [0.15, 0.2) is 29.2 Å². The molecule has 0 radical (unpaired) electrons. The van der Waals surface area contributed by atoms with E-state index in [2.05, 4.69) is 10.0 Å². The molecule has 0 aliphatic heterocycles. The number of carbonyl (C=O) groups is 3. The molecule has 0 heterocycles. The zero-order chi connectivity index (χ0) is 20.8. The summed E-state index contributed by atoms with van der Waals surface area (Å²) in [5, 5.41) is 4.83. The Kier molecular flexibility index (Phi) is 8.20. The zero-order valence-electron chi connectivity index (χ0n) is 15.3. The molecule has 150 valence electrons. The Bertz CT molecular complexity index is 795. The fraction of sp³-hybridized carbons (Fsp3) is 0.438. The van der Waals surface area contributed by atoms with Gasteiger partial charge in [0.2, 0.25) is 10.0 Å². The van der Waals surface area contributed by atoms with Gasteiger partial charge in [-0.05, 0) is 52.0 Å². The van der Waals surface area contributed by atoms with Gasteiger partial charge in [0.1, 0.15) is 6.04 Å². The number of imide groups is 1. The molecule has 0 aromatic heterocycles. The van der Waals surface area contributed by atoms with Crippen LogP contribution in [0.25, 0.3) is 0 Å². The lowest BCUT2D eigenvalue weighted by Gasteiger charge is -2.18. The third kappa shape index (κ3) is 7.53. The molecule has 3 amide bonds. The van der Waals surface area contributed by atoms with Crippen molar-refractivity contribution in [2.24, 2.45) is 0 Å². The Morgan fingerprint density at radius 2 is 1.59 bits per heavy atom. The smallest absolute Gasteiger partial charge is 0.324 e. The average Bonchev–Trinajstić information content (AvgIpc) is 2.53. The quantitative estimate of drug-likeness (QED) is 0.568. The maximum absolute atomic E-state index is 12.2. The van der Waals surface area contributed by atoms with Gasteiger partial charge in [0.05, 0.1) is 4.90 Å². The van der Waals surface area contributed by atoms with Crippen molar-refractivity contribution in [3.63, 3.8) is 0 Å². The van der Waals surface area contributed by atoms with Gasteiger partial charge in [-0.1, -0.05) is 11.6 Å². The van der Waals surface area contributed by atoms with E-state index in [1.165, 1.54) is 38.1 Å². The maximum atomic E-state index is 12.2. The fourth-order valence-corrected chi connectivity index (χ4v) is 3.12. The maximum Gasteiger partial charge on any atom is 0.324 e. The van der Waals surface area contributed by atoms with Crippen LogP contribution in [0.5, 0.6) is 0 Å². The molecule has 0 saturated heterocycles. The van der Waals surface area contributed by atoms with E-state index in [0.29, 0.717) is 5.02 Å². The number of hydrogen-bond acceptors (Lipinski definition) is 6. The minimum absolute atomic E-state index is 0.0808. The van der Waals surface area contributed by atoms with Crippen LogP contribution in [0.1, 0.15) is 27.7 Å². The van der Waals surface area contributed by atoms with Crippen molar-refractivity contribution in [2.75, 3.05) is 0 Å². The van der Waals surface area contributed by atoms with E-state index in [1.807, 2.05) is 5.32 Å². The van der Waals surface area contributed by atoms with E-state index in [4.69, 9.17) is 16.3 Å². The second kappa shape index (κ2) is 9.67. The number of hydrogen-bond donors (Lipinski definition) is 3. The van der Waals surface area contributed by atoms with Crippen molar-refractivity contribution in [1.29, 1.82) is 0 Å². The topological polar surface area (TPSA) is 131 Å². The summed E-state index contributed by atoms with van der Waals surface area (Å²) in [5.74, 6) is -1.81. The first-order chi connectivity index (χ1) is 12.4. The summed E-state index contributed by atoms with van der Waals surface area (Å²) in [7, 11) is -3.98. The fourth-order valence-electron chi connectivity index (χ4n) is 1.80. The summed E-state index contributed by atoms with van der Waals surface area (Å²) in [6, 6.07) is 3.19.